The Morgan fingerprint density at radius 3 is 2.79 bits per heavy atom. The fraction of sp³-hybridized carbons (Fsp3) is 0.464. The van der Waals surface area contributed by atoms with E-state index in [1.54, 1.807) is 25.5 Å². The first-order chi connectivity index (χ1) is 18.1. The van der Waals surface area contributed by atoms with Crippen LogP contribution in [0.4, 0.5) is 11.6 Å². The average molecular weight is 538 g/mol. The van der Waals surface area contributed by atoms with Crippen LogP contribution in [0, 0.1) is 11.3 Å². The Bertz CT molecular complexity index is 1460. The highest BCUT2D eigenvalue weighted by Gasteiger charge is 2.31. The smallest absolute Gasteiger partial charge is 0.182 e. The van der Waals surface area contributed by atoms with Crippen molar-refractivity contribution in [3.05, 3.63) is 53.6 Å². The van der Waals surface area contributed by atoms with Gasteiger partial charge in [0.15, 0.2) is 9.84 Å². The minimum atomic E-state index is -3.71. The van der Waals surface area contributed by atoms with Crippen molar-refractivity contribution in [1.82, 2.24) is 15.0 Å². The van der Waals surface area contributed by atoms with Crippen molar-refractivity contribution in [2.45, 2.75) is 51.5 Å². The zero-order valence-corrected chi connectivity index (χ0v) is 23.0. The maximum Gasteiger partial charge on any atom is 0.182 e. The van der Waals surface area contributed by atoms with Crippen molar-refractivity contribution in [3.8, 4) is 16.9 Å². The predicted molar refractivity (Wildman–Crippen MR) is 147 cm³/mol. The van der Waals surface area contributed by atoms with Crippen LogP contribution >= 0.6 is 0 Å². The van der Waals surface area contributed by atoms with Crippen molar-refractivity contribution < 1.29 is 18.3 Å². The van der Waals surface area contributed by atoms with Gasteiger partial charge in [0.05, 0.1) is 12.3 Å². The van der Waals surface area contributed by atoms with Crippen molar-refractivity contribution in [2.24, 2.45) is 11.3 Å². The molecular formula is C28H35N5O4S. The second kappa shape index (κ2) is 10.1. The molecule has 0 radical (unpaired) electrons. The van der Waals surface area contributed by atoms with Gasteiger partial charge in [-0.3, -0.25) is 0 Å². The van der Waals surface area contributed by atoms with Crippen LogP contribution in [-0.2, 0) is 29.2 Å². The molecule has 1 unspecified atom stereocenters. The second-order valence-electron chi connectivity index (χ2n) is 11.2. The molecular weight excluding hydrogens is 502 g/mol. The summed E-state index contributed by atoms with van der Waals surface area (Å²) >= 11 is 0. The number of sulfone groups is 1. The van der Waals surface area contributed by atoms with Crippen LogP contribution in [0.1, 0.15) is 44.0 Å². The molecule has 0 saturated heterocycles. The van der Waals surface area contributed by atoms with Crippen molar-refractivity contribution in [3.63, 3.8) is 0 Å². The number of fused-ring (bicyclic) bond motifs is 2. The number of hydrogen-bond acceptors (Lipinski definition) is 9. The summed E-state index contributed by atoms with van der Waals surface area (Å²) in [6.45, 7) is 7.87. The van der Waals surface area contributed by atoms with E-state index in [1.807, 2.05) is 18.2 Å². The van der Waals surface area contributed by atoms with E-state index < -0.39 is 15.8 Å². The minimum Gasteiger partial charge on any atom is -0.491 e. The van der Waals surface area contributed by atoms with E-state index >= 15 is 0 Å². The number of hydrogen-bond donors (Lipinski definition) is 2. The van der Waals surface area contributed by atoms with Crippen LogP contribution in [0.15, 0.2) is 41.7 Å². The highest BCUT2D eigenvalue weighted by atomic mass is 32.2. The van der Waals surface area contributed by atoms with E-state index in [1.165, 1.54) is 5.56 Å². The summed E-state index contributed by atoms with van der Waals surface area (Å²) in [5, 5.41) is 9.34. The van der Waals surface area contributed by atoms with Gasteiger partial charge in [0, 0.05) is 41.7 Å². The van der Waals surface area contributed by atoms with Crippen LogP contribution in [0.5, 0.6) is 5.75 Å². The summed E-state index contributed by atoms with van der Waals surface area (Å²) in [4.78, 5) is 15.7. The maximum absolute atomic E-state index is 13.0. The molecule has 0 amide bonds. The molecule has 38 heavy (non-hydrogen) atoms. The Labute approximate surface area is 224 Å². The molecule has 9 nitrogen and oxygen atoms in total. The SMILES string of the molecule is CC(CO)CS(=O)(=O)c1cc(-c2ccc3c(c2)CN(c2ncnc4c2CC(C)(C)CC4)CCO3)cnc1N. The minimum absolute atomic E-state index is 0.0154. The summed E-state index contributed by atoms with van der Waals surface area (Å²) in [5.74, 6) is 1.11. The van der Waals surface area contributed by atoms with Gasteiger partial charge in [-0.2, -0.15) is 0 Å². The van der Waals surface area contributed by atoms with Crippen molar-refractivity contribution >= 4 is 21.5 Å². The van der Waals surface area contributed by atoms with E-state index in [9.17, 15) is 13.5 Å². The van der Waals surface area contributed by atoms with E-state index in [0.717, 1.165) is 47.7 Å². The molecule has 2 aromatic heterocycles. The number of aryl methyl sites for hydroxylation is 1. The average Bonchev–Trinajstić information content (AvgIpc) is 3.09. The Morgan fingerprint density at radius 2 is 2.00 bits per heavy atom. The number of nitrogens with two attached hydrogens (primary N) is 1. The summed E-state index contributed by atoms with van der Waals surface area (Å²) in [5.41, 5.74) is 11.0. The number of pyridine rings is 1. The number of nitrogens with zero attached hydrogens (tertiary/aromatic N) is 4. The summed E-state index contributed by atoms with van der Waals surface area (Å²) in [6.07, 6.45) is 6.25. The maximum atomic E-state index is 13.0. The zero-order chi connectivity index (χ0) is 27.1. The fourth-order valence-corrected chi connectivity index (χ4v) is 6.98. The highest BCUT2D eigenvalue weighted by molar-refractivity contribution is 7.91. The Kier molecular flexibility index (Phi) is 7.04. The molecule has 3 aromatic rings. The molecule has 0 bridgehead atoms. The normalized spacial score (nSPS) is 17.6. The highest BCUT2D eigenvalue weighted by Crippen LogP contribution is 2.39. The number of nitrogen functional groups attached to an aromatic ring is 1. The zero-order valence-electron chi connectivity index (χ0n) is 22.1. The van der Waals surface area contributed by atoms with Crippen LogP contribution in [0.3, 0.4) is 0 Å². The third kappa shape index (κ3) is 5.33. The quantitative estimate of drug-likeness (QED) is 0.485. The molecule has 202 valence electrons. The van der Waals surface area contributed by atoms with Gasteiger partial charge in [-0.1, -0.05) is 26.8 Å². The van der Waals surface area contributed by atoms with E-state index in [4.69, 9.17) is 15.5 Å². The number of aromatic nitrogens is 3. The fourth-order valence-electron chi connectivity index (χ4n) is 5.26. The van der Waals surface area contributed by atoms with Crippen LogP contribution in [0.25, 0.3) is 11.1 Å². The second-order valence-corrected chi connectivity index (χ2v) is 13.2. The van der Waals surface area contributed by atoms with Gasteiger partial charge < -0.3 is 20.5 Å². The first kappa shape index (κ1) is 26.4. The lowest BCUT2D eigenvalue weighted by Gasteiger charge is -2.33. The molecule has 0 spiro atoms. The van der Waals surface area contributed by atoms with Crippen LogP contribution in [0.2, 0.25) is 0 Å². The third-order valence-corrected chi connectivity index (χ3v) is 9.42. The molecule has 10 heteroatoms. The third-order valence-electron chi connectivity index (χ3n) is 7.41. The van der Waals surface area contributed by atoms with Gasteiger partial charge in [-0.05, 0) is 54.4 Å². The molecule has 1 aromatic carbocycles. The number of aliphatic hydroxyl groups is 1. The van der Waals surface area contributed by atoms with E-state index in [2.05, 4.69) is 28.7 Å². The van der Waals surface area contributed by atoms with Gasteiger partial charge in [0.25, 0.3) is 0 Å². The molecule has 0 fully saturated rings. The monoisotopic (exact) mass is 537 g/mol. The number of benzene rings is 1. The van der Waals surface area contributed by atoms with Crippen LogP contribution < -0.4 is 15.4 Å². The first-order valence-corrected chi connectivity index (χ1v) is 14.6. The van der Waals surface area contributed by atoms with Gasteiger partial charge in [-0.15, -0.1) is 0 Å². The summed E-state index contributed by atoms with van der Waals surface area (Å²) < 4.78 is 32.0. The predicted octanol–water partition coefficient (Wildman–Crippen LogP) is 3.44. The van der Waals surface area contributed by atoms with Crippen molar-refractivity contribution in [2.75, 3.05) is 36.1 Å². The molecule has 1 aliphatic heterocycles. The molecule has 3 heterocycles. The molecule has 2 aliphatic rings. The number of ether oxygens (including phenoxy) is 1. The number of rotatable bonds is 6. The first-order valence-electron chi connectivity index (χ1n) is 13.0. The van der Waals surface area contributed by atoms with E-state index in [-0.39, 0.29) is 28.5 Å². The number of aliphatic hydroxyl groups excluding tert-OH is 1. The number of anilines is 2. The molecule has 1 aliphatic carbocycles. The molecule has 3 N–H and O–H groups in total. The van der Waals surface area contributed by atoms with Gasteiger partial charge >= 0.3 is 0 Å². The topological polar surface area (TPSA) is 132 Å². The molecule has 0 saturated carbocycles. The van der Waals surface area contributed by atoms with Crippen LogP contribution in [-0.4, -0.2) is 54.0 Å². The van der Waals surface area contributed by atoms with Gasteiger partial charge in [0.1, 0.15) is 35.2 Å². The largest absolute Gasteiger partial charge is 0.491 e. The summed E-state index contributed by atoms with van der Waals surface area (Å²) in [6, 6.07) is 7.42. The lowest BCUT2D eigenvalue weighted by Crippen LogP contribution is -2.31. The Hall–Kier alpha value is -3.24. The lowest BCUT2D eigenvalue weighted by atomic mass is 9.76. The van der Waals surface area contributed by atoms with E-state index in [0.29, 0.717) is 25.3 Å². The summed E-state index contributed by atoms with van der Waals surface area (Å²) in [7, 11) is -3.71. The molecule has 1 atom stereocenters. The Morgan fingerprint density at radius 1 is 1.18 bits per heavy atom. The van der Waals surface area contributed by atoms with Crippen molar-refractivity contribution in [1.29, 1.82) is 0 Å². The standard InChI is InChI=1S/C28H35N5O4S/c1-18(15-34)16-38(35,36)25-11-20(13-30-26(25)29)19-4-5-24-21(10-19)14-33(8-9-37-24)27-22-12-28(2,3)7-6-23(22)31-17-32-27/h4-5,10-11,13,17-18,34H,6-9,12,14-16H2,1-3H3,(H2,29,30). The molecule has 5 rings (SSSR count). The van der Waals surface area contributed by atoms with Gasteiger partial charge in [0.2, 0.25) is 0 Å². The van der Waals surface area contributed by atoms with Gasteiger partial charge in [-0.25, -0.2) is 23.4 Å². The Balaban J connectivity index is 1.48. The lowest BCUT2D eigenvalue weighted by molar-refractivity contribution is 0.249.